The highest BCUT2D eigenvalue weighted by atomic mass is 16.5. The maximum absolute atomic E-state index is 12.0. The van der Waals surface area contributed by atoms with Gasteiger partial charge in [-0.3, -0.25) is 23.9 Å². The molecule has 1 amide bonds. The van der Waals surface area contributed by atoms with E-state index in [-0.39, 0.29) is 5.92 Å². The topological polar surface area (TPSA) is 110 Å². The van der Waals surface area contributed by atoms with Gasteiger partial charge in [0.25, 0.3) is 11.5 Å². The Labute approximate surface area is 149 Å². The van der Waals surface area contributed by atoms with Crippen LogP contribution in [0.25, 0.3) is 0 Å². The lowest BCUT2D eigenvalue weighted by atomic mass is 9.97. The molecule has 8 heteroatoms. The minimum atomic E-state index is -0.760. The number of benzene rings is 1. The Morgan fingerprint density at radius 3 is 2.65 bits per heavy atom. The van der Waals surface area contributed by atoms with Crippen molar-refractivity contribution in [2.24, 2.45) is 0 Å². The number of para-hydroxylation sites is 1. The molecule has 2 aromatic rings. The quantitative estimate of drug-likeness (QED) is 0.723. The van der Waals surface area contributed by atoms with Crippen LogP contribution in [0.1, 0.15) is 31.7 Å². The van der Waals surface area contributed by atoms with Crippen LogP contribution < -0.4 is 16.6 Å². The van der Waals surface area contributed by atoms with Crippen LogP contribution in [0.5, 0.6) is 0 Å². The van der Waals surface area contributed by atoms with Crippen molar-refractivity contribution in [3.8, 4) is 0 Å². The first-order chi connectivity index (χ1) is 12.4. The predicted molar refractivity (Wildman–Crippen MR) is 96.1 cm³/mol. The van der Waals surface area contributed by atoms with E-state index in [0.29, 0.717) is 5.69 Å². The van der Waals surface area contributed by atoms with Gasteiger partial charge in [-0.1, -0.05) is 32.0 Å². The van der Waals surface area contributed by atoms with Gasteiger partial charge in [0.05, 0.1) is 0 Å². The minimum Gasteiger partial charge on any atom is -0.454 e. The number of aromatic amines is 1. The summed E-state index contributed by atoms with van der Waals surface area (Å²) in [6, 6.07) is 8.57. The van der Waals surface area contributed by atoms with E-state index in [1.807, 2.05) is 23.2 Å². The maximum atomic E-state index is 12.0. The molecule has 8 nitrogen and oxygen atoms in total. The Morgan fingerprint density at radius 2 is 1.96 bits per heavy atom. The van der Waals surface area contributed by atoms with E-state index in [1.165, 1.54) is 6.20 Å². The van der Waals surface area contributed by atoms with Gasteiger partial charge >= 0.3 is 11.7 Å². The predicted octanol–water partition coefficient (Wildman–Crippen LogP) is 1.23. The van der Waals surface area contributed by atoms with Gasteiger partial charge in [0, 0.05) is 18.0 Å². The van der Waals surface area contributed by atoms with Crippen molar-refractivity contribution >= 4 is 17.6 Å². The van der Waals surface area contributed by atoms with Crippen molar-refractivity contribution in [1.82, 2.24) is 9.55 Å². The van der Waals surface area contributed by atoms with E-state index >= 15 is 0 Å². The van der Waals surface area contributed by atoms with E-state index in [0.717, 1.165) is 22.6 Å². The summed E-state index contributed by atoms with van der Waals surface area (Å²) in [5, 5.41) is 2.73. The number of ether oxygens (including phenoxy) is 1. The molecule has 0 bridgehead atoms. The van der Waals surface area contributed by atoms with Gasteiger partial charge in [-0.05, 0) is 24.0 Å². The molecule has 0 fully saturated rings. The van der Waals surface area contributed by atoms with Crippen molar-refractivity contribution in [2.45, 2.75) is 32.7 Å². The van der Waals surface area contributed by atoms with E-state index < -0.39 is 36.3 Å². The molecule has 1 heterocycles. The van der Waals surface area contributed by atoms with Crippen molar-refractivity contribution in [3.05, 3.63) is 62.9 Å². The Balaban J connectivity index is 1.92. The second-order valence-electron chi connectivity index (χ2n) is 5.84. The molecule has 2 rings (SSSR count). The van der Waals surface area contributed by atoms with Crippen molar-refractivity contribution in [2.75, 3.05) is 11.9 Å². The number of anilines is 1. The largest absolute Gasteiger partial charge is 0.454 e. The van der Waals surface area contributed by atoms with E-state index in [1.54, 1.807) is 6.07 Å². The van der Waals surface area contributed by atoms with Crippen LogP contribution in [0.2, 0.25) is 0 Å². The molecule has 0 saturated heterocycles. The molecular formula is C18H21N3O5. The molecule has 1 aromatic carbocycles. The first kappa shape index (κ1) is 19.2. The van der Waals surface area contributed by atoms with Gasteiger partial charge in [0.1, 0.15) is 6.54 Å². The monoisotopic (exact) mass is 359 g/mol. The van der Waals surface area contributed by atoms with Crippen molar-refractivity contribution in [3.63, 3.8) is 0 Å². The molecule has 0 aliphatic carbocycles. The summed E-state index contributed by atoms with van der Waals surface area (Å²) in [5.41, 5.74) is 0.412. The average molecular weight is 359 g/mol. The highest BCUT2D eigenvalue weighted by Crippen LogP contribution is 2.26. The lowest BCUT2D eigenvalue weighted by Gasteiger charge is -2.15. The summed E-state index contributed by atoms with van der Waals surface area (Å²) in [7, 11) is 0. The summed E-state index contributed by atoms with van der Waals surface area (Å²) in [5.74, 6) is -0.950. The van der Waals surface area contributed by atoms with E-state index in [2.05, 4.69) is 19.2 Å². The first-order valence-corrected chi connectivity index (χ1v) is 8.25. The van der Waals surface area contributed by atoms with E-state index in [4.69, 9.17) is 4.74 Å². The molecule has 0 aliphatic rings. The van der Waals surface area contributed by atoms with Crippen LogP contribution in [0.3, 0.4) is 0 Å². The standard InChI is InChI=1S/C18H21N3O5/c1-3-12(2)13-6-4-5-7-14(13)19-16(23)11-26-17(24)10-21-9-8-15(22)20-18(21)25/h4-9,12H,3,10-11H2,1-2H3,(H,19,23)(H,20,22,25)/t12-/m1/s1. The number of nitrogens with zero attached hydrogens (tertiary/aromatic N) is 1. The van der Waals surface area contributed by atoms with Gasteiger partial charge in [0.15, 0.2) is 6.61 Å². The summed E-state index contributed by atoms with van der Waals surface area (Å²) < 4.78 is 5.88. The van der Waals surface area contributed by atoms with Crippen LogP contribution in [0.4, 0.5) is 5.69 Å². The summed E-state index contributed by atoms with van der Waals surface area (Å²) in [6.07, 6.45) is 2.11. The highest BCUT2D eigenvalue weighted by molar-refractivity contribution is 5.93. The Morgan fingerprint density at radius 1 is 1.23 bits per heavy atom. The number of rotatable bonds is 7. The Hall–Kier alpha value is -3.16. The number of nitrogens with one attached hydrogen (secondary N) is 2. The molecule has 0 aliphatic heterocycles. The van der Waals surface area contributed by atoms with Crippen LogP contribution in [-0.2, 0) is 20.9 Å². The second kappa shape index (κ2) is 8.80. The third-order valence-corrected chi connectivity index (χ3v) is 3.94. The lowest BCUT2D eigenvalue weighted by Crippen LogP contribution is -2.32. The number of H-pyrrole nitrogens is 1. The van der Waals surface area contributed by atoms with Crippen LogP contribution in [-0.4, -0.2) is 28.0 Å². The summed E-state index contributed by atoms with van der Waals surface area (Å²) >= 11 is 0. The lowest BCUT2D eigenvalue weighted by molar-refractivity contribution is -0.148. The van der Waals surface area contributed by atoms with Gasteiger partial charge in [-0.15, -0.1) is 0 Å². The first-order valence-electron chi connectivity index (χ1n) is 8.25. The number of hydrogen-bond acceptors (Lipinski definition) is 5. The molecule has 26 heavy (non-hydrogen) atoms. The fourth-order valence-corrected chi connectivity index (χ4v) is 2.35. The molecule has 0 radical (unpaired) electrons. The van der Waals surface area contributed by atoms with Crippen LogP contribution >= 0.6 is 0 Å². The van der Waals surface area contributed by atoms with Crippen molar-refractivity contribution < 1.29 is 14.3 Å². The number of hydrogen-bond donors (Lipinski definition) is 2. The molecule has 1 atom stereocenters. The van der Waals surface area contributed by atoms with E-state index in [9.17, 15) is 19.2 Å². The zero-order valence-electron chi connectivity index (χ0n) is 14.7. The molecule has 2 N–H and O–H groups in total. The Kier molecular flexibility index (Phi) is 6.48. The fraction of sp³-hybridized carbons (Fsp3) is 0.333. The van der Waals surface area contributed by atoms with Gasteiger partial charge < -0.3 is 10.1 Å². The Bertz CT molecular complexity index is 900. The normalized spacial score (nSPS) is 11.6. The van der Waals surface area contributed by atoms with Gasteiger partial charge in [-0.2, -0.15) is 0 Å². The highest BCUT2D eigenvalue weighted by Gasteiger charge is 2.13. The molecule has 138 valence electrons. The van der Waals surface area contributed by atoms with Gasteiger partial charge in [-0.25, -0.2) is 4.79 Å². The SMILES string of the molecule is CC[C@@H](C)c1ccccc1NC(=O)COC(=O)Cn1ccc(=O)[nH]c1=O. The maximum Gasteiger partial charge on any atom is 0.328 e. The van der Waals surface area contributed by atoms with Gasteiger partial charge in [0.2, 0.25) is 0 Å². The number of amides is 1. The number of esters is 1. The third-order valence-electron chi connectivity index (χ3n) is 3.94. The number of carbonyl (C=O) groups excluding carboxylic acids is 2. The average Bonchev–Trinajstić information content (AvgIpc) is 2.62. The number of aromatic nitrogens is 2. The zero-order valence-corrected chi connectivity index (χ0v) is 14.7. The summed E-state index contributed by atoms with van der Waals surface area (Å²) in [6.45, 7) is 3.26. The minimum absolute atomic E-state index is 0.279. The molecule has 0 saturated carbocycles. The van der Waals surface area contributed by atoms with Crippen molar-refractivity contribution in [1.29, 1.82) is 0 Å². The second-order valence-corrected chi connectivity index (χ2v) is 5.84. The smallest absolute Gasteiger partial charge is 0.328 e. The third kappa shape index (κ3) is 5.17. The number of carbonyl (C=O) groups is 2. The van der Waals surface area contributed by atoms with Crippen LogP contribution in [0.15, 0.2) is 46.1 Å². The molecule has 0 unspecified atom stereocenters. The molecule has 0 spiro atoms. The zero-order chi connectivity index (χ0) is 19.1. The summed E-state index contributed by atoms with van der Waals surface area (Å²) in [4.78, 5) is 48.3. The molecule has 1 aromatic heterocycles. The van der Waals surface area contributed by atoms with Crippen LogP contribution in [0, 0.1) is 0 Å². The molecular weight excluding hydrogens is 338 g/mol. The fourth-order valence-electron chi connectivity index (χ4n) is 2.35.